The molecule has 2 rings (SSSR count). The van der Waals surface area contributed by atoms with Gasteiger partial charge in [-0.05, 0) is 17.7 Å². The summed E-state index contributed by atoms with van der Waals surface area (Å²) in [6.45, 7) is 0. The van der Waals surface area contributed by atoms with Crippen molar-refractivity contribution in [3.63, 3.8) is 0 Å². The van der Waals surface area contributed by atoms with E-state index in [0.29, 0.717) is 5.19 Å². The van der Waals surface area contributed by atoms with Gasteiger partial charge in [-0.25, -0.2) is 4.98 Å². The first-order valence-corrected chi connectivity index (χ1v) is 4.97. The molecule has 0 unspecified atom stereocenters. The second-order valence-corrected chi connectivity index (χ2v) is 3.81. The molecular formula is C10H10N2OS. The quantitative estimate of drug-likeness (QED) is 0.767. The second kappa shape index (κ2) is 3.67. The summed E-state index contributed by atoms with van der Waals surface area (Å²) < 4.78 is 5.02. The van der Waals surface area contributed by atoms with Gasteiger partial charge in [0.05, 0.1) is 12.0 Å². The van der Waals surface area contributed by atoms with Crippen LogP contribution >= 0.6 is 11.3 Å². The monoisotopic (exact) mass is 206 g/mol. The molecule has 0 spiro atoms. The molecule has 4 heteroatoms. The van der Waals surface area contributed by atoms with Crippen molar-refractivity contribution in [1.29, 1.82) is 0 Å². The number of ether oxygens (including phenoxy) is 1. The van der Waals surface area contributed by atoms with Gasteiger partial charge in [0.25, 0.3) is 5.19 Å². The third-order valence-corrected chi connectivity index (χ3v) is 2.86. The van der Waals surface area contributed by atoms with Gasteiger partial charge in [0.1, 0.15) is 0 Å². The number of methoxy groups -OCH3 is 1. The molecule has 0 saturated heterocycles. The molecule has 0 atom stereocenters. The molecule has 3 nitrogen and oxygen atoms in total. The Morgan fingerprint density at radius 1 is 1.29 bits per heavy atom. The van der Waals surface area contributed by atoms with Crippen molar-refractivity contribution in [2.45, 2.75) is 0 Å². The highest BCUT2D eigenvalue weighted by Crippen LogP contribution is 2.30. The van der Waals surface area contributed by atoms with E-state index in [1.54, 1.807) is 13.3 Å². The molecular weight excluding hydrogens is 196 g/mol. The van der Waals surface area contributed by atoms with E-state index in [2.05, 4.69) is 4.98 Å². The van der Waals surface area contributed by atoms with Crippen LogP contribution in [0.3, 0.4) is 0 Å². The Morgan fingerprint density at radius 3 is 2.57 bits per heavy atom. The van der Waals surface area contributed by atoms with Crippen LogP contribution < -0.4 is 10.5 Å². The van der Waals surface area contributed by atoms with Crippen molar-refractivity contribution in [3.05, 3.63) is 30.5 Å². The van der Waals surface area contributed by atoms with Crippen LogP contribution in [-0.2, 0) is 0 Å². The minimum atomic E-state index is 0.678. The maximum Gasteiger partial charge on any atom is 0.273 e. The lowest BCUT2D eigenvalue weighted by Gasteiger charge is -1.96. The normalized spacial score (nSPS) is 10.1. The van der Waals surface area contributed by atoms with Crippen molar-refractivity contribution in [3.8, 4) is 15.6 Å². The Bertz CT molecular complexity index is 422. The van der Waals surface area contributed by atoms with Crippen LogP contribution in [0, 0.1) is 0 Å². The number of rotatable bonds is 2. The summed E-state index contributed by atoms with van der Waals surface area (Å²) >= 11 is 1.52. The number of benzene rings is 1. The van der Waals surface area contributed by atoms with Crippen LogP contribution in [0.5, 0.6) is 5.19 Å². The smallest absolute Gasteiger partial charge is 0.273 e. The highest BCUT2D eigenvalue weighted by atomic mass is 32.1. The SMILES string of the molecule is COc1ncc(-c2ccc(N)cc2)s1. The van der Waals surface area contributed by atoms with Crippen LogP contribution in [-0.4, -0.2) is 12.1 Å². The summed E-state index contributed by atoms with van der Waals surface area (Å²) in [5.74, 6) is 0. The second-order valence-electron chi connectivity index (χ2n) is 2.82. The van der Waals surface area contributed by atoms with Gasteiger partial charge in [-0.2, -0.15) is 0 Å². The molecule has 0 radical (unpaired) electrons. The van der Waals surface area contributed by atoms with Crippen molar-refractivity contribution in [2.75, 3.05) is 12.8 Å². The zero-order valence-corrected chi connectivity index (χ0v) is 8.54. The number of nitrogens with zero attached hydrogens (tertiary/aromatic N) is 1. The molecule has 1 aromatic carbocycles. The summed E-state index contributed by atoms with van der Waals surface area (Å²) in [6, 6.07) is 7.70. The lowest BCUT2D eigenvalue weighted by molar-refractivity contribution is 0.412. The minimum absolute atomic E-state index is 0.678. The number of hydrogen-bond acceptors (Lipinski definition) is 4. The van der Waals surface area contributed by atoms with Gasteiger partial charge >= 0.3 is 0 Å². The van der Waals surface area contributed by atoms with Gasteiger partial charge < -0.3 is 10.5 Å². The molecule has 1 heterocycles. The average Bonchev–Trinajstić information content (AvgIpc) is 2.67. The maximum atomic E-state index is 5.60. The lowest BCUT2D eigenvalue weighted by Crippen LogP contribution is -1.82. The van der Waals surface area contributed by atoms with E-state index < -0.39 is 0 Å². The van der Waals surface area contributed by atoms with Crippen molar-refractivity contribution in [2.24, 2.45) is 0 Å². The maximum absolute atomic E-state index is 5.60. The topological polar surface area (TPSA) is 48.1 Å². The molecule has 1 aromatic heterocycles. The standard InChI is InChI=1S/C10H10N2OS/c1-13-10-12-6-9(14-10)7-2-4-8(11)5-3-7/h2-6H,11H2,1H3. The first kappa shape index (κ1) is 9.02. The predicted molar refractivity (Wildman–Crippen MR) is 58.5 cm³/mol. The largest absolute Gasteiger partial charge is 0.473 e. The summed E-state index contributed by atoms with van der Waals surface area (Å²) in [6.07, 6.45) is 1.80. The van der Waals surface area contributed by atoms with E-state index in [0.717, 1.165) is 16.1 Å². The number of nitrogens with two attached hydrogens (primary N) is 1. The van der Waals surface area contributed by atoms with E-state index in [1.807, 2.05) is 24.3 Å². The zero-order valence-electron chi connectivity index (χ0n) is 7.73. The van der Waals surface area contributed by atoms with Gasteiger partial charge in [-0.3, -0.25) is 0 Å². The highest BCUT2D eigenvalue weighted by Gasteiger charge is 2.03. The van der Waals surface area contributed by atoms with E-state index in [-0.39, 0.29) is 0 Å². The molecule has 0 amide bonds. The van der Waals surface area contributed by atoms with Crippen LogP contribution in [0.25, 0.3) is 10.4 Å². The van der Waals surface area contributed by atoms with Crippen LogP contribution in [0.15, 0.2) is 30.5 Å². The number of anilines is 1. The van der Waals surface area contributed by atoms with Crippen LogP contribution in [0.1, 0.15) is 0 Å². The number of nitrogen functional groups attached to an aromatic ring is 1. The summed E-state index contributed by atoms with van der Waals surface area (Å²) in [4.78, 5) is 5.18. The molecule has 0 aliphatic rings. The fraction of sp³-hybridized carbons (Fsp3) is 0.100. The van der Waals surface area contributed by atoms with Crippen LogP contribution in [0.2, 0.25) is 0 Å². The van der Waals surface area contributed by atoms with Gasteiger partial charge in [0.15, 0.2) is 0 Å². The fourth-order valence-electron chi connectivity index (χ4n) is 1.13. The molecule has 0 fully saturated rings. The minimum Gasteiger partial charge on any atom is -0.473 e. The zero-order chi connectivity index (χ0) is 9.97. The van der Waals surface area contributed by atoms with E-state index in [9.17, 15) is 0 Å². The van der Waals surface area contributed by atoms with Crippen molar-refractivity contribution >= 4 is 17.0 Å². The third kappa shape index (κ3) is 1.70. The Kier molecular flexibility index (Phi) is 2.37. The molecule has 0 aliphatic heterocycles. The molecule has 2 aromatic rings. The van der Waals surface area contributed by atoms with Gasteiger partial charge in [-0.15, -0.1) is 0 Å². The molecule has 72 valence electrons. The number of hydrogen-bond donors (Lipinski definition) is 1. The first-order chi connectivity index (χ1) is 6.79. The number of aromatic nitrogens is 1. The summed E-state index contributed by atoms with van der Waals surface area (Å²) in [7, 11) is 1.62. The van der Waals surface area contributed by atoms with Gasteiger partial charge in [0, 0.05) is 11.9 Å². The molecule has 0 bridgehead atoms. The van der Waals surface area contributed by atoms with Crippen LogP contribution in [0.4, 0.5) is 5.69 Å². The van der Waals surface area contributed by atoms with E-state index in [1.165, 1.54) is 11.3 Å². The van der Waals surface area contributed by atoms with Gasteiger partial charge in [0.2, 0.25) is 0 Å². The average molecular weight is 206 g/mol. The molecule has 2 N–H and O–H groups in total. The molecule has 14 heavy (non-hydrogen) atoms. The highest BCUT2D eigenvalue weighted by molar-refractivity contribution is 7.16. The predicted octanol–water partition coefficient (Wildman–Crippen LogP) is 2.40. The van der Waals surface area contributed by atoms with E-state index in [4.69, 9.17) is 10.5 Å². The molecule has 0 aliphatic carbocycles. The van der Waals surface area contributed by atoms with Crippen molar-refractivity contribution in [1.82, 2.24) is 4.98 Å². The Hall–Kier alpha value is -1.55. The first-order valence-electron chi connectivity index (χ1n) is 4.15. The Balaban J connectivity index is 2.34. The van der Waals surface area contributed by atoms with Crippen molar-refractivity contribution < 1.29 is 4.74 Å². The fourth-order valence-corrected chi connectivity index (χ4v) is 1.87. The Labute approximate surface area is 86.2 Å². The third-order valence-electron chi connectivity index (χ3n) is 1.85. The lowest BCUT2D eigenvalue weighted by atomic mass is 10.2. The Morgan fingerprint density at radius 2 is 2.00 bits per heavy atom. The van der Waals surface area contributed by atoms with E-state index >= 15 is 0 Å². The molecule has 0 saturated carbocycles. The van der Waals surface area contributed by atoms with Gasteiger partial charge in [-0.1, -0.05) is 23.5 Å². The number of thiazole rings is 1. The summed E-state index contributed by atoms with van der Waals surface area (Å²) in [5.41, 5.74) is 7.48. The summed E-state index contributed by atoms with van der Waals surface area (Å²) in [5, 5.41) is 0.678.